The van der Waals surface area contributed by atoms with Gasteiger partial charge in [0.1, 0.15) is 0 Å². The van der Waals surface area contributed by atoms with Crippen LogP contribution in [0.5, 0.6) is 0 Å². The van der Waals surface area contributed by atoms with E-state index in [0.717, 1.165) is 16.9 Å². The molecular weight excluding hydrogens is 362 g/mol. The first-order valence-electron chi connectivity index (χ1n) is 8.31. The third-order valence-electron chi connectivity index (χ3n) is 3.89. The number of nitrogens with one attached hydrogen (secondary N) is 2. The topological polar surface area (TPSA) is 87.2 Å². The summed E-state index contributed by atoms with van der Waals surface area (Å²) in [5, 5.41) is 11.1. The van der Waals surface area contributed by atoms with Crippen LogP contribution in [0.3, 0.4) is 0 Å². The molecule has 0 saturated carbocycles. The lowest BCUT2D eigenvalue weighted by molar-refractivity contribution is 0.601. The Morgan fingerprint density at radius 1 is 0.815 bits per heavy atom. The molecule has 0 aliphatic rings. The number of nitrogens with zero attached hydrogens (tertiary/aromatic N) is 3. The van der Waals surface area contributed by atoms with Crippen molar-refractivity contribution in [3.05, 3.63) is 66.2 Å². The van der Waals surface area contributed by atoms with Crippen molar-refractivity contribution in [2.75, 3.05) is 29.0 Å². The van der Waals surface area contributed by atoms with Crippen LogP contribution in [0.25, 0.3) is 0 Å². The molecule has 27 heavy (non-hydrogen) atoms. The van der Waals surface area contributed by atoms with Crippen molar-refractivity contribution in [3.8, 4) is 0 Å². The molecule has 0 atom stereocenters. The number of aromatic nitrogens is 2. The largest absolute Gasteiger partial charge is 0.378 e. The first kappa shape index (κ1) is 18.7. The average Bonchev–Trinajstić information content (AvgIpc) is 2.64. The molecular formula is C19H21N5O2S. The number of hydrogen-bond acceptors (Lipinski definition) is 6. The van der Waals surface area contributed by atoms with Crippen molar-refractivity contribution >= 4 is 33.0 Å². The van der Waals surface area contributed by atoms with Crippen molar-refractivity contribution in [2.45, 2.75) is 11.8 Å². The van der Waals surface area contributed by atoms with Gasteiger partial charge in [-0.2, -0.15) is 0 Å². The van der Waals surface area contributed by atoms with Crippen LogP contribution >= 0.6 is 0 Å². The highest BCUT2D eigenvalue weighted by Gasteiger charge is 2.14. The summed E-state index contributed by atoms with van der Waals surface area (Å²) >= 11 is 0. The Labute approximate surface area is 159 Å². The molecule has 1 aromatic heterocycles. The first-order valence-corrected chi connectivity index (χ1v) is 9.79. The summed E-state index contributed by atoms with van der Waals surface area (Å²) in [5.41, 5.74) is 2.94. The predicted molar refractivity (Wildman–Crippen MR) is 108 cm³/mol. The van der Waals surface area contributed by atoms with E-state index < -0.39 is 10.0 Å². The van der Waals surface area contributed by atoms with Crippen molar-refractivity contribution in [1.82, 2.24) is 10.2 Å². The van der Waals surface area contributed by atoms with E-state index in [1.807, 2.05) is 50.2 Å². The monoisotopic (exact) mass is 383 g/mol. The van der Waals surface area contributed by atoms with Crippen LogP contribution in [0.2, 0.25) is 0 Å². The fourth-order valence-electron chi connectivity index (χ4n) is 2.36. The Kier molecular flexibility index (Phi) is 5.27. The smallest absolute Gasteiger partial charge is 0.263 e. The van der Waals surface area contributed by atoms with E-state index in [1.54, 1.807) is 36.4 Å². The zero-order valence-corrected chi connectivity index (χ0v) is 16.2. The Bertz CT molecular complexity index is 999. The number of hydrogen-bond donors (Lipinski definition) is 2. The van der Waals surface area contributed by atoms with E-state index in [4.69, 9.17) is 0 Å². The Morgan fingerprint density at radius 2 is 1.41 bits per heavy atom. The van der Waals surface area contributed by atoms with Crippen molar-refractivity contribution in [3.63, 3.8) is 0 Å². The fraction of sp³-hybridized carbons (Fsp3) is 0.158. The highest BCUT2D eigenvalue weighted by Crippen LogP contribution is 2.20. The van der Waals surface area contributed by atoms with Gasteiger partial charge in [-0.3, -0.25) is 4.72 Å². The van der Waals surface area contributed by atoms with Gasteiger partial charge in [0.25, 0.3) is 10.0 Å². The van der Waals surface area contributed by atoms with Gasteiger partial charge in [-0.15, -0.1) is 10.2 Å². The van der Waals surface area contributed by atoms with E-state index >= 15 is 0 Å². The minimum Gasteiger partial charge on any atom is -0.378 e. The molecule has 2 aromatic carbocycles. The molecule has 0 bridgehead atoms. The molecule has 1 heterocycles. The Balaban J connectivity index is 1.68. The SMILES string of the molecule is Cc1ccc(S(=O)(=O)Nc2ccc(Nc3ccc(N(C)C)cc3)nn2)cc1. The van der Waals surface area contributed by atoms with Gasteiger partial charge >= 0.3 is 0 Å². The zero-order chi connectivity index (χ0) is 19.4. The molecule has 0 amide bonds. The van der Waals surface area contributed by atoms with Gasteiger partial charge in [-0.1, -0.05) is 17.7 Å². The lowest BCUT2D eigenvalue weighted by Gasteiger charge is -2.13. The van der Waals surface area contributed by atoms with Gasteiger partial charge < -0.3 is 10.2 Å². The number of anilines is 4. The van der Waals surface area contributed by atoms with Crippen LogP contribution in [0.4, 0.5) is 23.0 Å². The Morgan fingerprint density at radius 3 is 1.96 bits per heavy atom. The quantitative estimate of drug-likeness (QED) is 0.678. The van der Waals surface area contributed by atoms with Gasteiger partial charge in [-0.25, -0.2) is 8.42 Å². The maximum atomic E-state index is 12.4. The van der Waals surface area contributed by atoms with Gasteiger partial charge in [0.15, 0.2) is 11.6 Å². The van der Waals surface area contributed by atoms with Gasteiger partial charge in [0.05, 0.1) is 4.90 Å². The molecule has 0 aliphatic carbocycles. The van der Waals surface area contributed by atoms with E-state index in [-0.39, 0.29) is 10.7 Å². The van der Waals surface area contributed by atoms with Crippen LogP contribution < -0.4 is 14.9 Å². The summed E-state index contributed by atoms with van der Waals surface area (Å²) in [6.45, 7) is 1.90. The van der Waals surface area contributed by atoms with Crippen LogP contribution in [0, 0.1) is 6.92 Å². The number of rotatable bonds is 6. The van der Waals surface area contributed by atoms with Crippen LogP contribution in [-0.4, -0.2) is 32.7 Å². The number of sulfonamides is 1. The Hall–Kier alpha value is -3.13. The third-order valence-corrected chi connectivity index (χ3v) is 5.26. The second-order valence-electron chi connectivity index (χ2n) is 6.29. The maximum Gasteiger partial charge on any atom is 0.263 e. The van der Waals surface area contributed by atoms with Crippen LogP contribution in [0.15, 0.2) is 65.6 Å². The van der Waals surface area contributed by atoms with E-state index in [1.165, 1.54) is 0 Å². The fourth-order valence-corrected chi connectivity index (χ4v) is 3.35. The summed E-state index contributed by atoms with van der Waals surface area (Å²) in [6.07, 6.45) is 0. The normalized spacial score (nSPS) is 11.1. The van der Waals surface area contributed by atoms with E-state index in [9.17, 15) is 8.42 Å². The maximum absolute atomic E-state index is 12.4. The molecule has 7 nitrogen and oxygen atoms in total. The summed E-state index contributed by atoms with van der Waals surface area (Å²) in [4.78, 5) is 2.19. The van der Waals surface area contributed by atoms with Crippen LogP contribution in [0.1, 0.15) is 5.56 Å². The molecule has 0 fully saturated rings. The average molecular weight is 383 g/mol. The number of benzene rings is 2. The van der Waals surface area contributed by atoms with Gasteiger partial charge in [-0.05, 0) is 55.5 Å². The molecule has 3 rings (SSSR count). The minimum atomic E-state index is -3.69. The third kappa shape index (κ3) is 4.73. The number of aryl methyl sites for hydroxylation is 1. The van der Waals surface area contributed by atoms with E-state index in [2.05, 4.69) is 20.2 Å². The van der Waals surface area contributed by atoms with Crippen molar-refractivity contribution < 1.29 is 8.42 Å². The molecule has 0 saturated heterocycles. The molecule has 0 spiro atoms. The molecule has 0 radical (unpaired) electrons. The zero-order valence-electron chi connectivity index (χ0n) is 15.3. The summed E-state index contributed by atoms with van der Waals surface area (Å²) < 4.78 is 27.2. The minimum absolute atomic E-state index is 0.157. The summed E-state index contributed by atoms with van der Waals surface area (Å²) in [7, 11) is 0.261. The molecule has 140 valence electrons. The predicted octanol–water partition coefficient (Wildman–Crippen LogP) is 3.40. The van der Waals surface area contributed by atoms with Crippen molar-refractivity contribution in [1.29, 1.82) is 0 Å². The highest BCUT2D eigenvalue weighted by atomic mass is 32.2. The van der Waals surface area contributed by atoms with Crippen molar-refractivity contribution in [2.24, 2.45) is 0 Å². The molecule has 3 aromatic rings. The second kappa shape index (κ2) is 7.63. The molecule has 8 heteroatoms. The summed E-state index contributed by atoms with van der Waals surface area (Å²) in [6, 6.07) is 17.7. The van der Waals surface area contributed by atoms with E-state index in [0.29, 0.717) is 5.82 Å². The lowest BCUT2D eigenvalue weighted by atomic mass is 10.2. The standard InChI is InChI=1S/C19H21N5O2S/c1-14-4-10-17(11-5-14)27(25,26)23-19-13-12-18(21-22-19)20-15-6-8-16(9-7-15)24(2)3/h4-13H,1-3H3,(H,20,21)(H,22,23). The highest BCUT2D eigenvalue weighted by molar-refractivity contribution is 7.92. The molecule has 0 unspecified atom stereocenters. The van der Waals surface area contributed by atoms with Gasteiger partial charge in [0, 0.05) is 25.5 Å². The lowest BCUT2D eigenvalue weighted by Crippen LogP contribution is -2.14. The first-order chi connectivity index (χ1) is 12.8. The van der Waals surface area contributed by atoms with Crippen LogP contribution in [-0.2, 0) is 10.0 Å². The second-order valence-corrected chi connectivity index (χ2v) is 7.97. The molecule has 2 N–H and O–H groups in total. The molecule has 0 aliphatic heterocycles. The summed E-state index contributed by atoms with van der Waals surface area (Å²) in [5.74, 6) is 0.676. The van der Waals surface area contributed by atoms with Gasteiger partial charge in [0.2, 0.25) is 0 Å².